The highest BCUT2D eigenvalue weighted by Crippen LogP contribution is 2.45. The van der Waals surface area contributed by atoms with E-state index < -0.39 is 17.4 Å². The van der Waals surface area contributed by atoms with E-state index in [1.807, 2.05) is 0 Å². The molecule has 1 aliphatic carbocycles. The number of hydrogen-bond donors (Lipinski definition) is 2. The summed E-state index contributed by atoms with van der Waals surface area (Å²) in [6.45, 7) is 1.93. The minimum Gasteiger partial charge on any atom is -0.481 e. The number of carbonyl (C=O) groups is 3. The molecule has 0 radical (unpaired) electrons. The van der Waals surface area contributed by atoms with Crippen molar-refractivity contribution in [1.29, 1.82) is 0 Å². The van der Waals surface area contributed by atoms with Gasteiger partial charge in [0.1, 0.15) is 6.04 Å². The van der Waals surface area contributed by atoms with Crippen LogP contribution in [0, 0.1) is 5.41 Å². The molecule has 2 rings (SSSR count). The fraction of sp³-hybridized carbons (Fsp3) is 0.750. The molecule has 1 saturated heterocycles. The number of hydrogen-bond acceptors (Lipinski definition) is 4. The molecule has 0 aromatic carbocycles. The van der Waals surface area contributed by atoms with E-state index in [0.717, 1.165) is 0 Å². The van der Waals surface area contributed by atoms with Gasteiger partial charge in [-0.05, 0) is 12.8 Å². The van der Waals surface area contributed by atoms with Crippen LogP contribution in [0.2, 0.25) is 0 Å². The SMILES string of the molecule is CCC(=O)N1CSCC1C(=O)NCC1(C(=O)O)CC1. The van der Waals surface area contributed by atoms with Crippen molar-refractivity contribution < 1.29 is 19.5 Å². The van der Waals surface area contributed by atoms with E-state index in [1.165, 1.54) is 0 Å². The summed E-state index contributed by atoms with van der Waals surface area (Å²) in [7, 11) is 0. The number of carboxylic acid groups (broad SMARTS) is 1. The van der Waals surface area contributed by atoms with E-state index in [1.54, 1.807) is 23.6 Å². The van der Waals surface area contributed by atoms with Crippen molar-refractivity contribution in [3.63, 3.8) is 0 Å². The van der Waals surface area contributed by atoms with Gasteiger partial charge in [0.05, 0.1) is 11.3 Å². The number of thioether (sulfide) groups is 1. The zero-order valence-electron chi connectivity index (χ0n) is 10.8. The highest BCUT2D eigenvalue weighted by atomic mass is 32.2. The third-order valence-electron chi connectivity index (χ3n) is 3.72. The fourth-order valence-electron chi connectivity index (χ4n) is 2.10. The Kier molecular flexibility index (Phi) is 4.03. The van der Waals surface area contributed by atoms with Gasteiger partial charge in [-0.2, -0.15) is 0 Å². The highest BCUT2D eigenvalue weighted by Gasteiger charge is 2.50. The summed E-state index contributed by atoms with van der Waals surface area (Å²) in [4.78, 5) is 36.3. The molecule has 2 amide bonds. The van der Waals surface area contributed by atoms with Crippen molar-refractivity contribution in [1.82, 2.24) is 10.2 Å². The van der Waals surface area contributed by atoms with E-state index in [2.05, 4.69) is 5.32 Å². The maximum Gasteiger partial charge on any atom is 0.311 e. The zero-order chi connectivity index (χ0) is 14.0. The zero-order valence-corrected chi connectivity index (χ0v) is 11.7. The van der Waals surface area contributed by atoms with Crippen LogP contribution in [0.15, 0.2) is 0 Å². The Hall–Kier alpha value is -1.24. The number of carbonyl (C=O) groups excluding carboxylic acids is 2. The molecular weight excluding hydrogens is 268 g/mol. The molecule has 6 nitrogen and oxygen atoms in total. The van der Waals surface area contributed by atoms with E-state index in [0.29, 0.717) is 30.9 Å². The summed E-state index contributed by atoms with van der Waals surface area (Å²) < 4.78 is 0. The average Bonchev–Trinajstić information content (AvgIpc) is 3.04. The Morgan fingerprint density at radius 3 is 2.63 bits per heavy atom. The second-order valence-electron chi connectivity index (χ2n) is 5.04. The predicted molar refractivity (Wildman–Crippen MR) is 70.6 cm³/mol. The van der Waals surface area contributed by atoms with Crippen molar-refractivity contribution in [3.8, 4) is 0 Å². The van der Waals surface area contributed by atoms with Crippen LogP contribution in [0.25, 0.3) is 0 Å². The highest BCUT2D eigenvalue weighted by molar-refractivity contribution is 7.99. The minimum atomic E-state index is -0.852. The first-order valence-corrected chi connectivity index (χ1v) is 7.54. The second kappa shape index (κ2) is 5.40. The maximum absolute atomic E-state index is 12.1. The van der Waals surface area contributed by atoms with Gasteiger partial charge in [-0.3, -0.25) is 14.4 Å². The molecule has 2 fully saturated rings. The molecule has 2 aliphatic rings. The smallest absolute Gasteiger partial charge is 0.311 e. The summed E-state index contributed by atoms with van der Waals surface area (Å²) in [5.74, 6) is -0.00845. The number of carboxylic acids is 1. The third-order valence-corrected chi connectivity index (χ3v) is 4.73. The van der Waals surface area contributed by atoms with E-state index in [-0.39, 0.29) is 18.4 Å². The van der Waals surface area contributed by atoms with E-state index in [9.17, 15) is 14.4 Å². The molecule has 1 saturated carbocycles. The van der Waals surface area contributed by atoms with Crippen molar-refractivity contribution in [2.45, 2.75) is 32.2 Å². The van der Waals surface area contributed by atoms with Crippen LogP contribution in [0.3, 0.4) is 0 Å². The summed E-state index contributed by atoms with van der Waals surface area (Å²) in [5.41, 5.74) is -0.763. The average molecular weight is 286 g/mol. The first-order chi connectivity index (χ1) is 9.00. The molecular formula is C12H18N2O4S. The van der Waals surface area contributed by atoms with Crippen LogP contribution >= 0.6 is 11.8 Å². The second-order valence-corrected chi connectivity index (χ2v) is 6.04. The lowest BCUT2D eigenvalue weighted by atomic mass is 10.1. The van der Waals surface area contributed by atoms with Gasteiger partial charge in [-0.25, -0.2) is 0 Å². The van der Waals surface area contributed by atoms with Gasteiger partial charge < -0.3 is 15.3 Å². The van der Waals surface area contributed by atoms with Crippen LogP contribution in [-0.2, 0) is 14.4 Å². The number of nitrogens with one attached hydrogen (secondary N) is 1. The van der Waals surface area contributed by atoms with Crippen molar-refractivity contribution >= 4 is 29.5 Å². The summed E-state index contributed by atoms with van der Waals surface area (Å²) in [6, 6.07) is -0.456. The maximum atomic E-state index is 12.1. The van der Waals surface area contributed by atoms with Crippen LogP contribution in [0.5, 0.6) is 0 Å². The topological polar surface area (TPSA) is 86.7 Å². The lowest BCUT2D eigenvalue weighted by Gasteiger charge is -2.23. The van der Waals surface area contributed by atoms with Gasteiger partial charge in [-0.15, -0.1) is 11.8 Å². The molecule has 1 heterocycles. The molecule has 0 spiro atoms. The normalized spacial score (nSPS) is 24.1. The van der Waals surface area contributed by atoms with Crippen LogP contribution in [-0.4, -0.2) is 52.0 Å². The fourth-order valence-corrected chi connectivity index (χ4v) is 3.28. The Morgan fingerprint density at radius 1 is 1.42 bits per heavy atom. The van der Waals surface area contributed by atoms with Crippen LogP contribution in [0.1, 0.15) is 26.2 Å². The monoisotopic (exact) mass is 286 g/mol. The summed E-state index contributed by atoms with van der Waals surface area (Å²) >= 11 is 1.55. The molecule has 0 aromatic heterocycles. The quantitative estimate of drug-likeness (QED) is 0.758. The van der Waals surface area contributed by atoms with E-state index >= 15 is 0 Å². The largest absolute Gasteiger partial charge is 0.481 e. The molecule has 2 N–H and O–H groups in total. The molecule has 1 unspecified atom stereocenters. The van der Waals surface area contributed by atoms with Gasteiger partial charge in [0.15, 0.2) is 0 Å². The molecule has 1 atom stereocenters. The van der Waals surface area contributed by atoms with E-state index in [4.69, 9.17) is 5.11 Å². The van der Waals surface area contributed by atoms with Gasteiger partial charge in [-0.1, -0.05) is 6.92 Å². The van der Waals surface area contributed by atoms with Crippen molar-refractivity contribution in [2.24, 2.45) is 5.41 Å². The Morgan fingerprint density at radius 2 is 2.11 bits per heavy atom. The van der Waals surface area contributed by atoms with Crippen LogP contribution < -0.4 is 5.32 Å². The number of rotatable bonds is 5. The predicted octanol–water partition coefficient (Wildman–Crippen LogP) is 0.279. The molecule has 0 bridgehead atoms. The lowest BCUT2D eigenvalue weighted by molar-refractivity contribution is -0.144. The summed E-state index contributed by atoms with van der Waals surface area (Å²) in [5, 5.41) is 11.7. The lowest BCUT2D eigenvalue weighted by Crippen LogP contribution is -2.48. The van der Waals surface area contributed by atoms with Crippen molar-refractivity contribution in [2.75, 3.05) is 18.2 Å². The molecule has 1 aliphatic heterocycles. The molecule has 0 aromatic rings. The molecule has 106 valence electrons. The van der Waals surface area contributed by atoms with Gasteiger partial charge >= 0.3 is 5.97 Å². The Balaban J connectivity index is 1.89. The Bertz CT molecular complexity index is 409. The van der Waals surface area contributed by atoms with Crippen molar-refractivity contribution in [3.05, 3.63) is 0 Å². The van der Waals surface area contributed by atoms with Gasteiger partial charge in [0.2, 0.25) is 11.8 Å². The molecule has 19 heavy (non-hydrogen) atoms. The number of nitrogens with zero attached hydrogens (tertiary/aromatic N) is 1. The minimum absolute atomic E-state index is 0.0375. The number of aliphatic carboxylic acids is 1. The number of amides is 2. The standard InChI is InChI=1S/C12H18N2O4S/c1-2-9(15)14-7-19-5-8(14)10(16)13-6-12(3-4-12)11(17)18/h8H,2-7H2,1H3,(H,13,16)(H,17,18). The van der Waals surface area contributed by atoms with Crippen LogP contribution in [0.4, 0.5) is 0 Å². The summed E-state index contributed by atoms with van der Waals surface area (Å²) in [6.07, 6.45) is 1.60. The first kappa shape index (κ1) is 14.2. The van der Waals surface area contributed by atoms with Gasteiger partial charge in [0, 0.05) is 18.7 Å². The Labute approximate surface area is 115 Å². The molecule has 7 heteroatoms. The third kappa shape index (κ3) is 2.86. The first-order valence-electron chi connectivity index (χ1n) is 6.38. The van der Waals surface area contributed by atoms with Gasteiger partial charge in [0.25, 0.3) is 0 Å².